The van der Waals surface area contributed by atoms with Crippen molar-refractivity contribution in [1.29, 1.82) is 0 Å². The Morgan fingerprint density at radius 2 is 1.34 bits per heavy atom. The molecule has 0 heterocycles. The van der Waals surface area contributed by atoms with Crippen molar-refractivity contribution < 1.29 is 32.8 Å². The molecule has 8 nitrogen and oxygen atoms in total. The molecule has 0 bridgehead atoms. The molecular weight excluding hydrogens is 505 g/mol. The molecule has 0 aromatic rings. The first kappa shape index (κ1) is 36.7. The number of phosphoric ester groups is 1. The lowest BCUT2D eigenvalue weighted by Crippen LogP contribution is -2.27. The number of esters is 1. The third-order valence-corrected chi connectivity index (χ3v) is 6.59. The Hall–Kier alpha value is -1.28. The first-order chi connectivity index (χ1) is 18.4. The van der Waals surface area contributed by atoms with E-state index in [9.17, 15) is 14.3 Å². The van der Waals surface area contributed by atoms with Crippen LogP contribution in [0.15, 0.2) is 36.5 Å². The molecule has 0 aliphatic heterocycles. The van der Waals surface area contributed by atoms with Gasteiger partial charge in [-0.1, -0.05) is 88.3 Å². The fourth-order valence-electron chi connectivity index (χ4n) is 3.59. The summed E-state index contributed by atoms with van der Waals surface area (Å²) in [5.41, 5.74) is 5.24. The quantitative estimate of drug-likeness (QED) is 0.0470. The van der Waals surface area contributed by atoms with Crippen LogP contribution in [0.25, 0.3) is 0 Å². The Kier molecular flexibility index (Phi) is 26.4. The predicted molar refractivity (Wildman–Crippen MR) is 155 cm³/mol. The average Bonchev–Trinajstić information content (AvgIpc) is 2.88. The van der Waals surface area contributed by atoms with E-state index in [0.29, 0.717) is 6.61 Å². The number of phosphoric acid groups is 1. The van der Waals surface area contributed by atoms with E-state index >= 15 is 0 Å². The lowest BCUT2D eigenvalue weighted by atomic mass is 10.1. The lowest BCUT2D eigenvalue weighted by Gasteiger charge is -2.19. The number of hydrogen-bond acceptors (Lipinski definition) is 7. The van der Waals surface area contributed by atoms with Crippen molar-refractivity contribution in [2.45, 2.75) is 110 Å². The van der Waals surface area contributed by atoms with Crippen molar-refractivity contribution in [3.63, 3.8) is 0 Å². The second kappa shape index (κ2) is 27.3. The molecule has 0 rings (SSSR count). The molecule has 222 valence electrons. The summed E-state index contributed by atoms with van der Waals surface area (Å²) in [6, 6.07) is 0. The molecule has 9 heteroatoms. The molecule has 0 saturated heterocycles. The number of carbonyl (C=O) groups is 1. The number of unbranched alkanes of at least 4 members (excludes halogenated alkanes) is 10. The fourth-order valence-corrected chi connectivity index (χ4v) is 4.35. The lowest BCUT2D eigenvalue weighted by molar-refractivity contribution is -0.151. The van der Waals surface area contributed by atoms with Crippen LogP contribution < -0.4 is 5.73 Å². The molecule has 0 aliphatic carbocycles. The summed E-state index contributed by atoms with van der Waals surface area (Å²) in [5.74, 6) is -0.512. The largest absolute Gasteiger partial charge is 0.472 e. The van der Waals surface area contributed by atoms with Gasteiger partial charge in [0, 0.05) is 20.1 Å². The summed E-state index contributed by atoms with van der Waals surface area (Å²) < 4.78 is 31.9. The molecule has 0 aromatic heterocycles. The number of hydrogen-bond donors (Lipinski definition) is 2. The van der Waals surface area contributed by atoms with Gasteiger partial charge in [0.15, 0.2) is 0 Å². The van der Waals surface area contributed by atoms with Crippen LogP contribution in [0.2, 0.25) is 0 Å². The SMILES string of the molecule is CCCCC/C=C\C/C=C\C/C=C\CCCCCCCCCOCC(COP(=O)(O)OCCN)OC(C)=O. The number of nitrogens with two attached hydrogens (primary N) is 1. The van der Waals surface area contributed by atoms with Gasteiger partial charge in [-0.05, 0) is 44.9 Å². The van der Waals surface area contributed by atoms with Crippen molar-refractivity contribution >= 4 is 13.8 Å². The van der Waals surface area contributed by atoms with Gasteiger partial charge in [-0.25, -0.2) is 4.57 Å². The zero-order chi connectivity index (χ0) is 28.2. The predicted octanol–water partition coefficient (Wildman–Crippen LogP) is 7.18. The van der Waals surface area contributed by atoms with Crippen LogP contribution in [0, 0.1) is 0 Å². The zero-order valence-electron chi connectivity index (χ0n) is 23.9. The van der Waals surface area contributed by atoms with Gasteiger partial charge in [0.2, 0.25) is 0 Å². The van der Waals surface area contributed by atoms with E-state index in [2.05, 4.69) is 47.9 Å². The highest BCUT2D eigenvalue weighted by atomic mass is 31.2. The van der Waals surface area contributed by atoms with Gasteiger partial charge in [-0.2, -0.15) is 0 Å². The van der Waals surface area contributed by atoms with Crippen LogP contribution in [-0.4, -0.2) is 49.9 Å². The van der Waals surface area contributed by atoms with Crippen molar-refractivity contribution in [2.75, 3.05) is 33.0 Å². The highest BCUT2D eigenvalue weighted by molar-refractivity contribution is 7.47. The van der Waals surface area contributed by atoms with Gasteiger partial charge in [0.05, 0.1) is 19.8 Å². The summed E-state index contributed by atoms with van der Waals surface area (Å²) in [5, 5.41) is 0. The molecule has 3 N–H and O–H groups in total. The molecule has 0 fully saturated rings. The molecule has 0 spiro atoms. The second-order valence-electron chi connectivity index (χ2n) is 9.34. The van der Waals surface area contributed by atoms with Gasteiger partial charge in [0.25, 0.3) is 0 Å². The number of allylic oxidation sites excluding steroid dienone is 6. The molecule has 0 saturated carbocycles. The molecule has 0 aromatic carbocycles. The first-order valence-electron chi connectivity index (χ1n) is 14.4. The van der Waals surface area contributed by atoms with Gasteiger partial charge in [-0.15, -0.1) is 0 Å². The highest BCUT2D eigenvalue weighted by Gasteiger charge is 2.24. The Morgan fingerprint density at radius 1 is 0.789 bits per heavy atom. The van der Waals surface area contributed by atoms with Gasteiger partial charge < -0.3 is 20.1 Å². The normalized spacial score (nSPS) is 14.5. The van der Waals surface area contributed by atoms with Crippen molar-refractivity contribution in [3.8, 4) is 0 Å². The fraction of sp³-hybridized carbons (Fsp3) is 0.759. The van der Waals surface area contributed by atoms with Crippen molar-refractivity contribution in [3.05, 3.63) is 36.5 Å². The summed E-state index contributed by atoms with van der Waals surface area (Å²) in [7, 11) is -4.22. The molecular formula is C29H54NO7P. The van der Waals surface area contributed by atoms with E-state index in [1.54, 1.807) is 0 Å². The van der Waals surface area contributed by atoms with Crippen LogP contribution in [-0.2, 0) is 27.9 Å². The topological polar surface area (TPSA) is 117 Å². The summed E-state index contributed by atoms with van der Waals surface area (Å²) in [6.07, 6.45) is 29.3. The zero-order valence-corrected chi connectivity index (χ0v) is 24.8. The van der Waals surface area contributed by atoms with E-state index in [-0.39, 0.29) is 26.4 Å². The molecule has 2 unspecified atom stereocenters. The number of carbonyl (C=O) groups excluding carboxylic acids is 1. The molecule has 38 heavy (non-hydrogen) atoms. The van der Waals surface area contributed by atoms with Crippen LogP contribution in [0.1, 0.15) is 104 Å². The monoisotopic (exact) mass is 559 g/mol. The standard InChI is InChI=1S/C29H54NO7P/c1-3-4-5-6-7-8-9-10-11-12-13-14-15-16-17-18-19-20-21-22-24-34-26-29(37-28(2)31)27-36-38(32,33)35-25-23-30/h7-8,10-11,13-14,29H,3-6,9,12,15-27,30H2,1-2H3,(H,32,33)/b8-7-,11-10-,14-13-. The number of rotatable bonds is 27. The average molecular weight is 560 g/mol. The summed E-state index contributed by atoms with van der Waals surface area (Å²) >= 11 is 0. The molecule has 0 aliphatic rings. The molecule has 2 atom stereocenters. The van der Waals surface area contributed by atoms with Gasteiger partial charge >= 0.3 is 13.8 Å². The van der Waals surface area contributed by atoms with E-state index in [0.717, 1.165) is 32.1 Å². The highest BCUT2D eigenvalue weighted by Crippen LogP contribution is 2.43. The molecule has 0 radical (unpaired) electrons. The number of ether oxygens (including phenoxy) is 2. The second-order valence-corrected chi connectivity index (χ2v) is 10.8. The minimum Gasteiger partial charge on any atom is -0.458 e. The van der Waals surface area contributed by atoms with E-state index in [1.165, 1.54) is 64.7 Å². The van der Waals surface area contributed by atoms with E-state index in [4.69, 9.17) is 19.7 Å². The smallest absolute Gasteiger partial charge is 0.458 e. The third kappa shape index (κ3) is 27.7. The van der Waals surface area contributed by atoms with Crippen LogP contribution in [0.4, 0.5) is 0 Å². The Morgan fingerprint density at radius 3 is 1.92 bits per heavy atom. The minimum atomic E-state index is -4.22. The van der Waals surface area contributed by atoms with Gasteiger partial charge in [0.1, 0.15) is 6.10 Å². The maximum atomic E-state index is 11.7. The first-order valence-corrected chi connectivity index (χ1v) is 15.9. The van der Waals surface area contributed by atoms with Crippen LogP contribution in [0.3, 0.4) is 0 Å². The van der Waals surface area contributed by atoms with E-state index < -0.39 is 19.9 Å². The Bertz CT molecular complexity index is 682. The molecule has 0 amide bonds. The minimum absolute atomic E-state index is 0.0932. The van der Waals surface area contributed by atoms with Crippen LogP contribution in [0.5, 0.6) is 0 Å². The van der Waals surface area contributed by atoms with Crippen LogP contribution >= 0.6 is 7.82 Å². The maximum Gasteiger partial charge on any atom is 0.472 e. The maximum absolute atomic E-state index is 11.7. The van der Waals surface area contributed by atoms with Gasteiger partial charge in [-0.3, -0.25) is 13.8 Å². The Balaban J connectivity index is 3.64. The van der Waals surface area contributed by atoms with Crippen molar-refractivity contribution in [1.82, 2.24) is 0 Å². The summed E-state index contributed by atoms with van der Waals surface area (Å²) in [6.45, 7) is 3.83. The van der Waals surface area contributed by atoms with Crippen molar-refractivity contribution in [2.24, 2.45) is 5.73 Å². The Labute approximate surface area is 231 Å². The third-order valence-electron chi connectivity index (χ3n) is 5.61. The summed E-state index contributed by atoms with van der Waals surface area (Å²) in [4.78, 5) is 20.8. The van der Waals surface area contributed by atoms with E-state index in [1.807, 2.05) is 0 Å².